The summed E-state index contributed by atoms with van der Waals surface area (Å²) in [6, 6.07) is 4.13. The van der Waals surface area contributed by atoms with E-state index in [-0.39, 0.29) is 11.6 Å². The molecule has 0 atom stereocenters. The molecular formula is C13H19FN2OS. The van der Waals surface area contributed by atoms with Crippen molar-refractivity contribution in [3.63, 3.8) is 0 Å². The van der Waals surface area contributed by atoms with Gasteiger partial charge in [-0.3, -0.25) is 4.79 Å². The summed E-state index contributed by atoms with van der Waals surface area (Å²) in [5, 5.41) is 2.52. The molecule has 0 bridgehead atoms. The van der Waals surface area contributed by atoms with Crippen LogP contribution in [0.3, 0.4) is 0 Å². The molecule has 0 radical (unpaired) electrons. The molecule has 1 aromatic carbocycles. The van der Waals surface area contributed by atoms with Gasteiger partial charge >= 0.3 is 0 Å². The Morgan fingerprint density at radius 1 is 1.50 bits per heavy atom. The third-order valence-corrected chi connectivity index (χ3v) is 3.33. The van der Waals surface area contributed by atoms with Gasteiger partial charge in [0.2, 0.25) is 5.91 Å². The van der Waals surface area contributed by atoms with Crippen LogP contribution in [0.15, 0.2) is 18.2 Å². The Hall–Kier alpha value is -1.23. The van der Waals surface area contributed by atoms with Crippen molar-refractivity contribution in [2.75, 3.05) is 22.6 Å². The molecule has 0 fully saturated rings. The fourth-order valence-corrected chi connectivity index (χ4v) is 2.35. The highest BCUT2D eigenvalue weighted by Gasteiger charge is 2.07. The average Bonchev–Trinajstić information content (AvgIpc) is 2.29. The lowest BCUT2D eigenvalue weighted by atomic mass is 10.2. The summed E-state index contributed by atoms with van der Waals surface area (Å²) in [6.45, 7) is 4.28. The number of thioether (sulfide) groups is 1. The summed E-state index contributed by atoms with van der Waals surface area (Å²) in [6.07, 6.45) is 1.07. The fraction of sp³-hybridized carbons (Fsp3) is 0.462. The highest BCUT2D eigenvalue weighted by Crippen LogP contribution is 2.18. The van der Waals surface area contributed by atoms with Crippen molar-refractivity contribution in [2.24, 2.45) is 5.92 Å². The highest BCUT2D eigenvalue weighted by atomic mass is 32.2. The molecule has 0 aliphatic heterocycles. The Labute approximate surface area is 111 Å². The molecule has 18 heavy (non-hydrogen) atoms. The van der Waals surface area contributed by atoms with Crippen LogP contribution in [0.5, 0.6) is 0 Å². The molecule has 0 heterocycles. The molecule has 0 unspecified atom stereocenters. The number of benzene rings is 1. The van der Waals surface area contributed by atoms with E-state index in [0.717, 1.165) is 12.2 Å². The maximum absolute atomic E-state index is 13.3. The summed E-state index contributed by atoms with van der Waals surface area (Å²) in [4.78, 5) is 11.6. The van der Waals surface area contributed by atoms with Crippen LogP contribution < -0.4 is 11.1 Å². The average molecular weight is 270 g/mol. The molecule has 1 amide bonds. The van der Waals surface area contributed by atoms with Gasteiger partial charge in [0.15, 0.2) is 0 Å². The van der Waals surface area contributed by atoms with Crippen LogP contribution in [-0.4, -0.2) is 17.4 Å². The normalized spacial score (nSPS) is 10.7. The molecule has 0 aliphatic rings. The number of nitrogens with one attached hydrogen (secondary N) is 1. The van der Waals surface area contributed by atoms with Crippen LogP contribution in [0.25, 0.3) is 0 Å². The summed E-state index contributed by atoms with van der Waals surface area (Å²) in [5.74, 6) is 1.23. The summed E-state index contributed by atoms with van der Waals surface area (Å²) in [5.41, 5.74) is 6.11. The van der Waals surface area contributed by atoms with Gasteiger partial charge in [0.05, 0.1) is 11.4 Å². The maximum atomic E-state index is 13.3. The van der Waals surface area contributed by atoms with Crippen LogP contribution in [-0.2, 0) is 4.79 Å². The van der Waals surface area contributed by atoms with Gasteiger partial charge in [-0.05, 0) is 36.3 Å². The number of rotatable bonds is 6. The van der Waals surface area contributed by atoms with Crippen LogP contribution in [0.1, 0.15) is 20.3 Å². The molecular weight excluding hydrogens is 251 g/mol. The molecule has 5 heteroatoms. The topological polar surface area (TPSA) is 55.1 Å². The molecule has 0 aliphatic carbocycles. The van der Waals surface area contributed by atoms with Gasteiger partial charge in [0.25, 0.3) is 0 Å². The Kier molecular flexibility index (Phi) is 5.98. The Balaban J connectivity index is 2.38. The largest absolute Gasteiger partial charge is 0.399 e. The zero-order chi connectivity index (χ0) is 13.5. The lowest BCUT2D eigenvalue weighted by Crippen LogP contribution is -2.15. The van der Waals surface area contributed by atoms with E-state index in [0.29, 0.717) is 17.4 Å². The van der Waals surface area contributed by atoms with Crippen LogP contribution in [0.2, 0.25) is 0 Å². The van der Waals surface area contributed by atoms with E-state index in [1.54, 1.807) is 11.8 Å². The van der Waals surface area contributed by atoms with E-state index in [9.17, 15) is 9.18 Å². The minimum atomic E-state index is -0.468. The molecule has 0 saturated carbocycles. The van der Waals surface area contributed by atoms with Gasteiger partial charge < -0.3 is 11.1 Å². The second-order valence-electron chi connectivity index (χ2n) is 4.52. The number of hydrogen-bond acceptors (Lipinski definition) is 3. The Bertz CT molecular complexity index is 410. The number of halogens is 1. The van der Waals surface area contributed by atoms with Crippen molar-refractivity contribution in [1.82, 2.24) is 0 Å². The summed E-state index contributed by atoms with van der Waals surface area (Å²) >= 11 is 1.55. The quantitative estimate of drug-likeness (QED) is 0.617. The first-order valence-corrected chi connectivity index (χ1v) is 7.07. The van der Waals surface area contributed by atoms with E-state index in [1.165, 1.54) is 18.2 Å². The fourth-order valence-electron chi connectivity index (χ4n) is 1.31. The number of anilines is 2. The number of carbonyl (C=O) groups is 1. The second-order valence-corrected chi connectivity index (χ2v) is 5.63. The van der Waals surface area contributed by atoms with Gasteiger partial charge in [-0.1, -0.05) is 13.8 Å². The first-order chi connectivity index (χ1) is 8.49. The van der Waals surface area contributed by atoms with E-state index >= 15 is 0 Å². The number of hydrogen-bond donors (Lipinski definition) is 2. The monoisotopic (exact) mass is 270 g/mol. The highest BCUT2D eigenvalue weighted by molar-refractivity contribution is 7.99. The van der Waals surface area contributed by atoms with Gasteiger partial charge in [0.1, 0.15) is 5.82 Å². The molecule has 1 rings (SSSR count). The molecule has 100 valence electrons. The number of amides is 1. The predicted molar refractivity (Wildman–Crippen MR) is 76.2 cm³/mol. The number of carbonyl (C=O) groups excluding carboxylic acids is 1. The van der Waals surface area contributed by atoms with Crippen LogP contribution in [0, 0.1) is 11.7 Å². The predicted octanol–water partition coefficient (Wildman–Crippen LogP) is 3.13. The zero-order valence-electron chi connectivity index (χ0n) is 10.7. The lowest BCUT2D eigenvalue weighted by molar-refractivity contribution is -0.113. The smallest absolute Gasteiger partial charge is 0.234 e. The molecule has 0 saturated heterocycles. The third-order valence-electron chi connectivity index (χ3n) is 2.34. The van der Waals surface area contributed by atoms with Crippen molar-refractivity contribution in [3.8, 4) is 0 Å². The zero-order valence-corrected chi connectivity index (χ0v) is 11.5. The minimum absolute atomic E-state index is 0.143. The van der Waals surface area contributed by atoms with Crippen molar-refractivity contribution in [1.29, 1.82) is 0 Å². The van der Waals surface area contributed by atoms with Crippen LogP contribution in [0.4, 0.5) is 15.8 Å². The van der Waals surface area contributed by atoms with Crippen molar-refractivity contribution >= 4 is 29.0 Å². The molecule has 0 spiro atoms. The van der Waals surface area contributed by atoms with Crippen molar-refractivity contribution in [2.45, 2.75) is 20.3 Å². The van der Waals surface area contributed by atoms with E-state index in [4.69, 9.17) is 5.73 Å². The van der Waals surface area contributed by atoms with Crippen molar-refractivity contribution < 1.29 is 9.18 Å². The van der Waals surface area contributed by atoms with Gasteiger partial charge in [-0.2, -0.15) is 11.8 Å². The molecule has 3 N–H and O–H groups in total. The van der Waals surface area contributed by atoms with E-state index in [1.807, 2.05) is 0 Å². The Morgan fingerprint density at radius 3 is 2.89 bits per heavy atom. The third kappa shape index (κ3) is 5.40. The summed E-state index contributed by atoms with van der Waals surface area (Å²) in [7, 11) is 0. The SMILES string of the molecule is CC(C)CCSCC(=O)Nc1cc(N)ccc1F. The first-order valence-electron chi connectivity index (χ1n) is 5.91. The minimum Gasteiger partial charge on any atom is -0.399 e. The molecule has 1 aromatic rings. The van der Waals surface area contributed by atoms with Gasteiger partial charge in [-0.25, -0.2) is 4.39 Å². The van der Waals surface area contributed by atoms with Gasteiger partial charge in [0, 0.05) is 5.69 Å². The molecule has 0 aromatic heterocycles. The van der Waals surface area contributed by atoms with Gasteiger partial charge in [-0.15, -0.1) is 0 Å². The van der Waals surface area contributed by atoms with E-state index in [2.05, 4.69) is 19.2 Å². The Morgan fingerprint density at radius 2 is 2.22 bits per heavy atom. The van der Waals surface area contributed by atoms with Crippen LogP contribution >= 0.6 is 11.8 Å². The summed E-state index contributed by atoms with van der Waals surface area (Å²) < 4.78 is 13.3. The maximum Gasteiger partial charge on any atom is 0.234 e. The van der Waals surface area contributed by atoms with E-state index < -0.39 is 5.82 Å². The molecule has 3 nitrogen and oxygen atoms in total. The lowest BCUT2D eigenvalue weighted by Gasteiger charge is -2.07. The second kappa shape index (κ2) is 7.26. The van der Waals surface area contributed by atoms with Crippen molar-refractivity contribution in [3.05, 3.63) is 24.0 Å². The number of nitrogen functional groups attached to an aromatic ring is 1. The number of nitrogens with two attached hydrogens (primary N) is 1. The first kappa shape index (κ1) is 14.8. The standard InChI is InChI=1S/C13H19FN2OS/c1-9(2)5-6-18-8-13(17)16-12-7-10(15)3-4-11(12)14/h3-4,7,9H,5-6,8,15H2,1-2H3,(H,16,17).